The van der Waals surface area contributed by atoms with Gasteiger partial charge in [0.1, 0.15) is 11.9 Å². The van der Waals surface area contributed by atoms with Crippen molar-refractivity contribution in [2.24, 2.45) is 0 Å². The van der Waals surface area contributed by atoms with Gasteiger partial charge in [0.2, 0.25) is 0 Å². The third kappa shape index (κ3) is 4.37. The average Bonchev–Trinajstić information content (AvgIpc) is 3.34. The highest BCUT2D eigenvalue weighted by molar-refractivity contribution is 5.85. The van der Waals surface area contributed by atoms with Crippen LogP contribution in [-0.4, -0.2) is 43.2 Å². The molecule has 4 aromatic rings. The molecule has 2 aromatic carbocycles. The molecule has 1 aliphatic rings. The number of hydrogen-bond donors (Lipinski definition) is 1. The highest BCUT2D eigenvalue weighted by atomic mass is 19.1. The first-order chi connectivity index (χ1) is 17.1. The van der Waals surface area contributed by atoms with E-state index in [1.54, 1.807) is 0 Å². The number of hydrogen-bond acceptors (Lipinski definition) is 5. The molecule has 0 bridgehead atoms. The van der Waals surface area contributed by atoms with E-state index in [9.17, 15) is 9.18 Å². The van der Waals surface area contributed by atoms with Gasteiger partial charge in [0.15, 0.2) is 5.82 Å². The van der Waals surface area contributed by atoms with E-state index in [4.69, 9.17) is 0 Å². The number of fused-ring (bicyclic) bond motifs is 1. The predicted molar refractivity (Wildman–Crippen MR) is 139 cm³/mol. The Morgan fingerprint density at radius 2 is 1.78 bits per heavy atom. The van der Waals surface area contributed by atoms with E-state index < -0.39 is 6.04 Å². The number of halogens is 1. The van der Waals surface area contributed by atoms with E-state index in [2.05, 4.69) is 44.5 Å². The summed E-state index contributed by atoms with van der Waals surface area (Å²) in [6, 6.07) is 12.3. The third-order valence-corrected chi connectivity index (χ3v) is 6.96. The number of benzene rings is 2. The topological polar surface area (TPSA) is 79.7 Å². The second-order valence-electron chi connectivity index (χ2n) is 10.5. The zero-order chi connectivity index (χ0) is 25.6. The molecule has 0 saturated heterocycles. The van der Waals surface area contributed by atoms with Crippen molar-refractivity contribution in [1.29, 1.82) is 0 Å². The van der Waals surface area contributed by atoms with Crippen LogP contribution in [0.1, 0.15) is 61.3 Å². The fourth-order valence-corrected chi connectivity index (χ4v) is 4.98. The number of nitrogens with zero attached hydrogens (tertiary/aromatic N) is 5. The number of tetrazole rings is 1. The maximum Gasteiger partial charge on any atom is 0.253 e. The van der Waals surface area contributed by atoms with Crippen LogP contribution in [0.3, 0.4) is 0 Å². The van der Waals surface area contributed by atoms with Crippen LogP contribution >= 0.6 is 0 Å². The Bertz CT molecular complexity index is 1510. The Labute approximate surface area is 209 Å². The van der Waals surface area contributed by atoms with Crippen LogP contribution in [0, 0.1) is 19.7 Å². The smallest absolute Gasteiger partial charge is 0.253 e. The summed E-state index contributed by atoms with van der Waals surface area (Å²) >= 11 is 0. The van der Waals surface area contributed by atoms with Crippen LogP contribution < -0.4 is 5.56 Å². The molecule has 1 atom stereocenters. The number of H-pyrrole nitrogens is 1. The van der Waals surface area contributed by atoms with E-state index in [1.165, 1.54) is 17.7 Å². The van der Waals surface area contributed by atoms with Crippen LogP contribution in [0.15, 0.2) is 53.3 Å². The van der Waals surface area contributed by atoms with Gasteiger partial charge < -0.3 is 4.98 Å². The van der Waals surface area contributed by atoms with Gasteiger partial charge in [0.05, 0.1) is 11.1 Å². The fraction of sp³-hybridized carbons (Fsp3) is 0.357. The van der Waals surface area contributed by atoms with Crippen LogP contribution in [0.2, 0.25) is 0 Å². The molecule has 0 spiro atoms. The zero-order valence-electron chi connectivity index (χ0n) is 21.3. The molecular weight excluding hydrogens is 455 g/mol. The van der Waals surface area contributed by atoms with Crippen molar-refractivity contribution < 1.29 is 4.39 Å². The molecule has 5 rings (SSSR count). The van der Waals surface area contributed by atoms with Crippen molar-refractivity contribution in [1.82, 2.24) is 30.1 Å². The summed E-state index contributed by atoms with van der Waals surface area (Å²) in [6.45, 7) is 11.5. The summed E-state index contributed by atoms with van der Waals surface area (Å²) in [6.07, 6.45) is 2.92. The van der Waals surface area contributed by atoms with Crippen molar-refractivity contribution in [3.05, 3.63) is 92.8 Å². The van der Waals surface area contributed by atoms with E-state index in [1.807, 2.05) is 56.6 Å². The summed E-state index contributed by atoms with van der Waals surface area (Å²) < 4.78 is 15.2. The second kappa shape index (κ2) is 9.09. The molecular formula is C28H31FN6O. The summed E-state index contributed by atoms with van der Waals surface area (Å²) in [5, 5.41) is 13.7. The Balaban J connectivity index is 1.63. The first kappa shape index (κ1) is 24.1. The molecule has 0 fully saturated rings. The third-order valence-electron chi connectivity index (χ3n) is 6.96. The molecule has 0 unspecified atom stereocenters. The maximum atomic E-state index is 13.5. The molecule has 186 valence electrons. The van der Waals surface area contributed by atoms with Gasteiger partial charge in [-0.15, -0.1) is 5.10 Å². The summed E-state index contributed by atoms with van der Waals surface area (Å²) in [4.78, 5) is 18.9. The number of pyridine rings is 1. The van der Waals surface area contributed by atoms with E-state index in [0.29, 0.717) is 24.5 Å². The van der Waals surface area contributed by atoms with Crippen LogP contribution in [-0.2, 0) is 5.54 Å². The molecule has 36 heavy (non-hydrogen) atoms. The van der Waals surface area contributed by atoms with Crippen molar-refractivity contribution in [3.8, 4) is 0 Å². The summed E-state index contributed by atoms with van der Waals surface area (Å²) in [5.74, 6) is 0.392. The Morgan fingerprint density at radius 3 is 2.44 bits per heavy atom. The van der Waals surface area contributed by atoms with E-state index in [0.717, 1.165) is 34.0 Å². The molecule has 0 saturated carbocycles. The lowest BCUT2D eigenvalue weighted by Gasteiger charge is -2.34. The van der Waals surface area contributed by atoms with Gasteiger partial charge in [0, 0.05) is 24.0 Å². The molecule has 2 aromatic heterocycles. The second-order valence-corrected chi connectivity index (χ2v) is 10.5. The van der Waals surface area contributed by atoms with Crippen LogP contribution in [0.4, 0.5) is 4.39 Å². The van der Waals surface area contributed by atoms with Crippen molar-refractivity contribution in [2.75, 3.05) is 13.1 Å². The number of aromatic amines is 1. The maximum absolute atomic E-state index is 13.5. The highest BCUT2D eigenvalue weighted by Gasteiger charge is 2.34. The molecule has 0 amide bonds. The SMILES string of the molecule is Cc1ccc(C)c2[nH]c(=O)c([C@H](c3nnnn3C(C)(C)C)N3CC=C(c4ccc(F)cc4)CC3)cc12. The lowest BCUT2D eigenvalue weighted by atomic mass is 9.95. The van der Waals surface area contributed by atoms with Crippen molar-refractivity contribution in [2.45, 2.75) is 52.6 Å². The van der Waals surface area contributed by atoms with Gasteiger partial charge in [-0.25, -0.2) is 9.07 Å². The zero-order valence-corrected chi connectivity index (χ0v) is 21.3. The minimum absolute atomic E-state index is 0.141. The minimum Gasteiger partial charge on any atom is -0.321 e. The molecule has 1 aliphatic heterocycles. The highest BCUT2D eigenvalue weighted by Crippen LogP contribution is 2.33. The van der Waals surface area contributed by atoms with Crippen molar-refractivity contribution >= 4 is 16.5 Å². The average molecular weight is 487 g/mol. The normalized spacial score (nSPS) is 15.8. The van der Waals surface area contributed by atoms with Gasteiger partial charge in [-0.1, -0.05) is 30.3 Å². The van der Waals surface area contributed by atoms with Gasteiger partial charge >= 0.3 is 0 Å². The summed E-state index contributed by atoms with van der Waals surface area (Å²) in [5.41, 5.74) is 5.28. The lowest BCUT2D eigenvalue weighted by Crippen LogP contribution is -2.39. The minimum atomic E-state index is -0.432. The van der Waals surface area contributed by atoms with Crippen LogP contribution in [0.25, 0.3) is 16.5 Å². The predicted octanol–water partition coefficient (Wildman–Crippen LogP) is 4.90. The van der Waals surface area contributed by atoms with Crippen LogP contribution in [0.5, 0.6) is 0 Å². The van der Waals surface area contributed by atoms with Crippen molar-refractivity contribution in [3.63, 3.8) is 0 Å². The monoisotopic (exact) mass is 486 g/mol. The molecule has 7 nitrogen and oxygen atoms in total. The molecule has 3 heterocycles. The quantitative estimate of drug-likeness (QED) is 0.444. The van der Waals surface area contributed by atoms with Gasteiger partial charge in [-0.2, -0.15) is 0 Å². The Morgan fingerprint density at radius 1 is 1.06 bits per heavy atom. The lowest BCUT2D eigenvalue weighted by molar-refractivity contribution is 0.219. The van der Waals surface area contributed by atoms with E-state index >= 15 is 0 Å². The standard InChI is InChI=1S/C28H31FN6O/c1-17-6-7-18(2)24-22(17)16-23(27(36)30-24)25(26-31-32-33-35(26)28(3,4)5)34-14-12-20(13-15-34)19-8-10-21(29)11-9-19/h6-12,16,25H,13-15H2,1-5H3,(H,30,36)/t25-/m1/s1. The molecule has 0 radical (unpaired) electrons. The summed E-state index contributed by atoms with van der Waals surface area (Å²) in [7, 11) is 0. The Kier molecular flexibility index (Phi) is 6.08. The number of aryl methyl sites for hydroxylation is 2. The largest absolute Gasteiger partial charge is 0.321 e. The molecule has 1 N–H and O–H groups in total. The van der Waals surface area contributed by atoms with Gasteiger partial charge in [0.25, 0.3) is 5.56 Å². The first-order valence-corrected chi connectivity index (χ1v) is 12.2. The number of aromatic nitrogens is 5. The number of rotatable bonds is 4. The van der Waals surface area contributed by atoms with Gasteiger partial charge in [-0.05, 0) is 91.9 Å². The van der Waals surface area contributed by atoms with Gasteiger partial charge in [-0.3, -0.25) is 9.69 Å². The molecule has 8 heteroatoms. The molecule has 0 aliphatic carbocycles. The number of nitrogens with one attached hydrogen (secondary N) is 1. The fourth-order valence-electron chi connectivity index (χ4n) is 4.98. The van der Waals surface area contributed by atoms with E-state index in [-0.39, 0.29) is 16.9 Å². The first-order valence-electron chi connectivity index (χ1n) is 12.2. The Hall–Kier alpha value is -3.65.